The maximum absolute atomic E-state index is 13.6. The van der Waals surface area contributed by atoms with E-state index in [4.69, 9.17) is 16.3 Å². The lowest BCUT2D eigenvalue weighted by atomic mass is 10.1. The van der Waals surface area contributed by atoms with Crippen LogP contribution in [0, 0.1) is 5.82 Å². The number of amides is 1. The molecule has 1 fully saturated rings. The number of carbonyl (C=O) groups is 1. The highest BCUT2D eigenvalue weighted by molar-refractivity contribution is 6.30. The maximum Gasteiger partial charge on any atom is 0.426 e. The van der Waals surface area contributed by atoms with Gasteiger partial charge in [0.2, 0.25) is 6.10 Å². The summed E-state index contributed by atoms with van der Waals surface area (Å²) < 4.78 is 64.6. The number of nitrogens with one attached hydrogen (secondary N) is 1. The molecule has 2 aromatic rings. The van der Waals surface area contributed by atoms with E-state index in [9.17, 15) is 22.4 Å². The second kappa shape index (κ2) is 10.6. The molecule has 1 saturated heterocycles. The van der Waals surface area contributed by atoms with Gasteiger partial charge in [0.1, 0.15) is 17.7 Å². The number of nitrogens with zero attached hydrogens (tertiary/aromatic N) is 3. The number of aromatic nitrogens is 2. The predicted octanol–water partition coefficient (Wildman–Crippen LogP) is 4.95. The summed E-state index contributed by atoms with van der Waals surface area (Å²) in [5.74, 6) is -0.133. The van der Waals surface area contributed by atoms with Crippen LogP contribution in [0.5, 0.6) is 0 Å². The number of anilines is 1. The lowest BCUT2D eigenvalue weighted by Gasteiger charge is -2.35. The van der Waals surface area contributed by atoms with E-state index < -0.39 is 36.8 Å². The molecule has 180 valence electrons. The third kappa shape index (κ3) is 6.99. The Hall–Kier alpha value is -2.50. The first-order chi connectivity index (χ1) is 15.5. The monoisotopic (exact) mass is 490 g/mol. The van der Waals surface area contributed by atoms with Crippen LogP contribution in [0.15, 0.2) is 30.5 Å². The molecule has 1 aliphatic rings. The Kier molecular flexibility index (Phi) is 8.09. The van der Waals surface area contributed by atoms with E-state index in [2.05, 4.69) is 20.0 Å². The van der Waals surface area contributed by atoms with Gasteiger partial charge in [-0.25, -0.2) is 19.2 Å². The molecule has 1 aromatic carbocycles. The Morgan fingerprint density at radius 1 is 1.36 bits per heavy atom. The second-order valence-electron chi connectivity index (χ2n) is 7.80. The molecule has 33 heavy (non-hydrogen) atoms. The predicted molar refractivity (Wildman–Crippen MR) is 113 cm³/mol. The first-order valence-electron chi connectivity index (χ1n) is 10.2. The Bertz CT molecular complexity index is 977. The number of carbonyl (C=O) groups excluding carboxylic acids is 1. The SMILES string of the molecule is CC(C)c1nccc([C@@H]2CN(CC(OC(=O)Nc3ccc(Cl)c(F)c3)C(F)(F)F)CCO2)n1. The van der Waals surface area contributed by atoms with Gasteiger partial charge in [-0.1, -0.05) is 25.4 Å². The summed E-state index contributed by atoms with van der Waals surface area (Å²) >= 11 is 5.56. The molecule has 0 bridgehead atoms. The molecular weight excluding hydrogens is 468 g/mol. The fraction of sp³-hybridized carbons (Fsp3) is 0.476. The van der Waals surface area contributed by atoms with Gasteiger partial charge in [-0.3, -0.25) is 10.2 Å². The van der Waals surface area contributed by atoms with Crippen LogP contribution in [0.25, 0.3) is 0 Å². The van der Waals surface area contributed by atoms with Gasteiger partial charge in [0, 0.05) is 37.4 Å². The zero-order chi connectivity index (χ0) is 24.2. The van der Waals surface area contributed by atoms with Crippen LogP contribution < -0.4 is 5.32 Å². The van der Waals surface area contributed by atoms with Gasteiger partial charge >= 0.3 is 12.3 Å². The Morgan fingerprint density at radius 3 is 2.79 bits per heavy atom. The van der Waals surface area contributed by atoms with Crippen LogP contribution in [0.2, 0.25) is 5.02 Å². The molecule has 12 heteroatoms. The average molecular weight is 491 g/mol. The fourth-order valence-corrected chi connectivity index (χ4v) is 3.30. The molecule has 2 heterocycles. The number of halogens is 5. The topological polar surface area (TPSA) is 76.6 Å². The van der Waals surface area contributed by atoms with Crippen molar-refractivity contribution in [2.45, 2.75) is 38.1 Å². The van der Waals surface area contributed by atoms with E-state index in [-0.39, 0.29) is 36.3 Å². The Labute approximate surface area is 193 Å². The number of rotatable bonds is 6. The maximum atomic E-state index is 13.6. The first kappa shape index (κ1) is 25.1. The normalized spacial score (nSPS) is 18.2. The number of alkyl halides is 3. The molecular formula is C21H23ClF4N4O3. The van der Waals surface area contributed by atoms with Crippen molar-refractivity contribution in [3.05, 3.63) is 52.8 Å². The second-order valence-corrected chi connectivity index (χ2v) is 8.21. The molecule has 0 radical (unpaired) electrons. The minimum atomic E-state index is -4.81. The van der Waals surface area contributed by atoms with Crippen molar-refractivity contribution in [2.75, 3.05) is 31.6 Å². The van der Waals surface area contributed by atoms with Crippen LogP contribution in [0.4, 0.5) is 28.0 Å². The standard InChI is InChI=1S/C21H23ClF4N4O3/c1-12(2)19-27-6-5-16(29-19)17-10-30(7-8-32-17)11-18(21(24,25)26)33-20(31)28-13-3-4-14(22)15(23)9-13/h3-6,9,12,17-18H,7-8,10-11H2,1-2H3,(H,28,31)/t17-,18?/m0/s1. The molecule has 1 aliphatic heterocycles. The van der Waals surface area contributed by atoms with Crippen LogP contribution in [0.3, 0.4) is 0 Å². The van der Waals surface area contributed by atoms with Crippen molar-refractivity contribution in [3.63, 3.8) is 0 Å². The van der Waals surface area contributed by atoms with Gasteiger partial charge in [-0.15, -0.1) is 0 Å². The molecule has 1 aromatic heterocycles. The summed E-state index contributed by atoms with van der Waals surface area (Å²) in [6.45, 7) is 3.82. The van der Waals surface area contributed by atoms with Crippen molar-refractivity contribution < 1.29 is 31.8 Å². The van der Waals surface area contributed by atoms with Crippen molar-refractivity contribution in [1.29, 1.82) is 0 Å². The minimum Gasteiger partial charge on any atom is -0.435 e. The van der Waals surface area contributed by atoms with Gasteiger partial charge in [0.25, 0.3) is 0 Å². The van der Waals surface area contributed by atoms with E-state index in [0.717, 1.165) is 6.07 Å². The van der Waals surface area contributed by atoms with E-state index in [1.54, 1.807) is 12.3 Å². The Balaban J connectivity index is 1.65. The molecule has 2 atom stereocenters. The summed E-state index contributed by atoms with van der Waals surface area (Å²) in [6, 6.07) is 4.96. The quantitative estimate of drug-likeness (QED) is 0.578. The van der Waals surface area contributed by atoms with Gasteiger partial charge < -0.3 is 9.47 Å². The minimum absolute atomic E-state index is 0.0836. The number of hydrogen-bond acceptors (Lipinski definition) is 6. The van der Waals surface area contributed by atoms with E-state index >= 15 is 0 Å². The number of hydrogen-bond donors (Lipinski definition) is 1. The third-order valence-electron chi connectivity index (χ3n) is 4.90. The van der Waals surface area contributed by atoms with Crippen LogP contribution in [-0.2, 0) is 9.47 Å². The number of ether oxygens (including phenoxy) is 2. The lowest BCUT2D eigenvalue weighted by molar-refractivity contribution is -0.209. The summed E-state index contributed by atoms with van der Waals surface area (Å²) in [7, 11) is 0. The fourth-order valence-electron chi connectivity index (χ4n) is 3.19. The van der Waals surface area contributed by atoms with Gasteiger partial charge in [-0.05, 0) is 24.3 Å². The average Bonchev–Trinajstić information content (AvgIpc) is 2.75. The van der Waals surface area contributed by atoms with Crippen molar-refractivity contribution in [3.8, 4) is 0 Å². The zero-order valence-electron chi connectivity index (χ0n) is 17.9. The molecule has 1 unspecified atom stereocenters. The van der Waals surface area contributed by atoms with Crippen molar-refractivity contribution in [2.24, 2.45) is 0 Å². The number of morpholine rings is 1. The lowest BCUT2D eigenvalue weighted by Crippen LogP contribution is -2.48. The molecule has 0 aliphatic carbocycles. The third-order valence-corrected chi connectivity index (χ3v) is 5.20. The molecule has 1 amide bonds. The highest BCUT2D eigenvalue weighted by Crippen LogP contribution is 2.28. The number of benzene rings is 1. The van der Waals surface area contributed by atoms with Crippen LogP contribution in [-0.4, -0.2) is 59.5 Å². The van der Waals surface area contributed by atoms with Gasteiger partial charge in [-0.2, -0.15) is 13.2 Å². The van der Waals surface area contributed by atoms with E-state index in [1.165, 1.54) is 17.0 Å². The first-order valence-corrected chi connectivity index (χ1v) is 10.6. The van der Waals surface area contributed by atoms with Crippen LogP contribution >= 0.6 is 11.6 Å². The molecule has 1 N–H and O–H groups in total. The molecule has 0 saturated carbocycles. The highest BCUT2D eigenvalue weighted by atomic mass is 35.5. The summed E-state index contributed by atoms with van der Waals surface area (Å²) in [5, 5.41) is 1.89. The van der Waals surface area contributed by atoms with E-state index in [1.807, 2.05) is 13.8 Å². The molecule has 3 rings (SSSR count). The van der Waals surface area contributed by atoms with Gasteiger partial charge in [0.15, 0.2) is 0 Å². The summed E-state index contributed by atoms with van der Waals surface area (Å²) in [5.41, 5.74) is 0.490. The van der Waals surface area contributed by atoms with Crippen molar-refractivity contribution >= 4 is 23.4 Å². The molecule has 7 nitrogen and oxygen atoms in total. The highest BCUT2D eigenvalue weighted by Gasteiger charge is 2.44. The smallest absolute Gasteiger partial charge is 0.426 e. The van der Waals surface area contributed by atoms with Crippen LogP contribution in [0.1, 0.15) is 37.4 Å². The molecule has 0 spiro atoms. The Morgan fingerprint density at radius 2 is 2.12 bits per heavy atom. The summed E-state index contributed by atoms with van der Waals surface area (Å²) in [6.07, 6.45) is -7.52. The van der Waals surface area contributed by atoms with E-state index in [0.29, 0.717) is 11.5 Å². The largest absolute Gasteiger partial charge is 0.435 e. The summed E-state index contributed by atoms with van der Waals surface area (Å²) in [4.78, 5) is 22.2. The van der Waals surface area contributed by atoms with Crippen molar-refractivity contribution in [1.82, 2.24) is 14.9 Å². The zero-order valence-corrected chi connectivity index (χ0v) is 18.7. The van der Waals surface area contributed by atoms with Gasteiger partial charge in [0.05, 0.1) is 17.3 Å².